The average molecular weight is 418 g/mol. The summed E-state index contributed by atoms with van der Waals surface area (Å²) in [4.78, 5) is 29.1. The number of phenols is 1. The van der Waals surface area contributed by atoms with Gasteiger partial charge in [-0.1, -0.05) is 6.07 Å². The molecule has 2 aromatic heterocycles. The first-order valence-corrected chi connectivity index (χ1v) is 9.34. The molecule has 0 spiro atoms. The highest BCUT2D eigenvalue weighted by Gasteiger charge is 2.14. The maximum Gasteiger partial charge on any atom is 0.337 e. The summed E-state index contributed by atoms with van der Waals surface area (Å²) < 4.78 is 15.8. The first-order valence-electron chi connectivity index (χ1n) is 9.34. The molecule has 0 unspecified atom stereocenters. The van der Waals surface area contributed by atoms with Gasteiger partial charge in [-0.15, -0.1) is 0 Å². The predicted octanol–water partition coefficient (Wildman–Crippen LogP) is 3.68. The number of carbonyl (C=O) groups is 2. The zero-order valence-electron chi connectivity index (χ0n) is 16.5. The molecule has 8 heteroatoms. The van der Waals surface area contributed by atoms with E-state index in [2.05, 4.69) is 10.3 Å². The van der Waals surface area contributed by atoms with E-state index in [9.17, 15) is 14.7 Å². The van der Waals surface area contributed by atoms with Crippen molar-refractivity contribution >= 4 is 28.5 Å². The topological polar surface area (TPSA) is 114 Å². The molecular weight excluding hydrogens is 400 g/mol. The van der Waals surface area contributed by atoms with Gasteiger partial charge in [0, 0.05) is 11.5 Å². The molecule has 0 aliphatic heterocycles. The molecule has 4 aromatic rings. The molecule has 31 heavy (non-hydrogen) atoms. The fourth-order valence-electron chi connectivity index (χ4n) is 2.97. The first-order chi connectivity index (χ1) is 15.0. The molecule has 0 saturated heterocycles. The number of ether oxygens (including phenoxy) is 1. The molecule has 8 nitrogen and oxygen atoms in total. The number of esters is 1. The van der Waals surface area contributed by atoms with Gasteiger partial charge in [-0.05, 0) is 48.5 Å². The van der Waals surface area contributed by atoms with Crippen LogP contribution in [0.5, 0.6) is 5.75 Å². The zero-order chi connectivity index (χ0) is 21.8. The van der Waals surface area contributed by atoms with E-state index < -0.39 is 11.9 Å². The van der Waals surface area contributed by atoms with Crippen molar-refractivity contribution in [2.75, 3.05) is 7.11 Å². The third-order valence-corrected chi connectivity index (χ3v) is 4.48. The number of furan rings is 1. The van der Waals surface area contributed by atoms with E-state index in [0.717, 1.165) is 0 Å². The Bertz CT molecular complexity index is 1320. The van der Waals surface area contributed by atoms with Crippen molar-refractivity contribution in [3.05, 3.63) is 89.4 Å². The van der Waals surface area contributed by atoms with E-state index in [-0.39, 0.29) is 23.4 Å². The summed E-state index contributed by atoms with van der Waals surface area (Å²) in [6.45, 7) is 0.191. The molecule has 0 aliphatic carbocycles. The van der Waals surface area contributed by atoms with E-state index in [0.29, 0.717) is 28.0 Å². The van der Waals surface area contributed by atoms with Crippen molar-refractivity contribution in [3.8, 4) is 5.75 Å². The van der Waals surface area contributed by atoms with Crippen molar-refractivity contribution in [1.82, 2.24) is 5.32 Å². The van der Waals surface area contributed by atoms with Gasteiger partial charge in [0.2, 0.25) is 5.55 Å². The largest absolute Gasteiger partial charge is 0.508 e. The molecule has 156 valence electrons. The molecule has 0 fully saturated rings. The number of benzene rings is 2. The third kappa shape index (κ3) is 4.48. The normalized spacial score (nSPS) is 11.5. The number of hydrogen-bond acceptors (Lipinski definition) is 7. The van der Waals surface area contributed by atoms with Crippen molar-refractivity contribution in [2.24, 2.45) is 4.99 Å². The summed E-state index contributed by atoms with van der Waals surface area (Å²) in [7, 11) is 1.29. The van der Waals surface area contributed by atoms with Crippen LogP contribution in [-0.2, 0) is 11.3 Å². The van der Waals surface area contributed by atoms with Crippen LogP contribution < -0.4 is 10.9 Å². The van der Waals surface area contributed by atoms with Gasteiger partial charge in [0.05, 0.1) is 31.2 Å². The lowest BCUT2D eigenvalue weighted by molar-refractivity contribution is 0.0600. The number of fused-ring (bicyclic) bond motifs is 1. The van der Waals surface area contributed by atoms with Crippen molar-refractivity contribution in [3.63, 3.8) is 0 Å². The lowest BCUT2D eigenvalue weighted by atomic mass is 10.1. The maximum absolute atomic E-state index is 12.9. The Morgan fingerprint density at radius 2 is 1.97 bits per heavy atom. The van der Waals surface area contributed by atoms with Gasteiger partial charge in [0.15, 0.2) is 0 Å². The van der Waals surface area contributed by atoms with Gasteiger partial charge in [-0.3, -0.25) is 4.79 Å². The Morgan fingerprint density at radius 3 is 2.74 bits per heavy atom. The van der Waals surface area contributed by atoms with Crippen LogP contribution in [-0.4, -0.2) is 24.1 Å². The van der Waals surface area contributed by atoms with Crippen LogP contribution in [0, 0.1) is 0 Å². The molecule has 4 rings (SSSR count). The Morgan fingerprint density at radius 1 is 1.10 bits per heavy atom. The van der Waals surface area contributed by atoms with Crippen LogP contribution in [0.1, 0.15) is 26.5 Å². The highest BCUT2D eigenvalue weighted by atomic mass is 16.5. The number of amides is 1. The minimum atomic E-state index is -0.506. The molecule has 0 bridgehead atoms. The Labute approximate surface area is 176 Å². The highest BCUT2D eigenvalue weighted by molar-refractivity contribution is 5.96. The molecule has 0 saturated carbocycles. The second-order valence-corrected chi connectivity index (χ2v) is 6.60. The molecule has 1 amide bonds. The van der Waals surface area contributed by atoms with Crippen LogP contribution >= 0.6 is 0 Å². The van der Waals surface area contributed by atoms with Crippen LogP contribution in [0.25, 0.3) is 11.0 Å². The summed E-state index contributed by atoms with van der Waals surface area (Å²) >= 11 is 0. The third-order valence-electron chi connectivity index (χ3n) is 4.48. The van der Waals surface area contributed by atoms with Crippen LogP contribution in [0.2, 0.25) is 0 Å². The Hall–Kier alpha value is -4.33. The number of aromatic hydroxyl groups is 1. The molecule has 2 N–H and O–H groups in total. The highest BCUT2D eigenvalue weighted by Crippen LogP contribution is 2.20. The van der Waals surface area contributed by atoms with Gasteiger partial charge >= 0.3 is 5.97 Å². The van der Waals surface area contributed by atoms with Gasteiger partial charge in [-0.25, -0.2) is 9.79 Å². The van der Waals surface area contributed by atoms with Crippen molar-refractivity contribution < 1.29 is 28.3 Å². The van der Waals surface area contributed by atoms with E-state index in [1.807, 2.05) is 0 Å². The summed E-state index contributed by atoms with van der Waals surface area (Å²) in [6, 6.07) is 16.1. The lowest BCUT2D eigenvalue weighted by Gasteiger charge is -2.07. The summed E-state index contributed by atoms with van der Waals surface area (Å²) in [5.41, 5.74) is 1.27. The molecule has 2 heterocycles. The van der Waals surface area contributed by atoms with Gasteiger partial charge in [0.25, 0.3) is 5.91 Å². The van der Waals surface area contributed by atoms with Gasteiger partial charge in [-0.2, -0.15) is 0 Å². The standard InChI is InChI=1S/C23H18N2O6/c1-29-23(28)15-4-2-5-16(10-15)25-22-19(21(27)24-13-18-6-3-9-30-18)11-14-7-8-17(26)12-20(14)31-22/h2-12,26H,13H2,1H3,(H,24,27). The zero-order valence-corrected chi connectivity index (χ0v) is 16.5. The molecular formula is C23H18N2O6. The second kappa shape index (κ2) is 8.58. The average Bonchev–Trinajstić information content (AvgIpc) is 3.30. The maximum atomic E-state index is 12.9. The minimum Gasteiger partial charge on any atom is -0.508 e. The van der Waals surface area contributed by atoms with Crippen LogP contribution in [0.15, 0.2) is 80.8 Å². The SMILES string of the molecule is COC(=O)c1cccc(N=c2oc3cc(O)ccc3cc2C(=O)NCc2ccco2)c1. The van der Waals surface area contributed by atoms with E-state index >= 15 is 0 Å². The Balaban J connectivity index is 1.80. The van der Waals surface area contributed by atoms with Gasteiger partial charge < -0.3 is 24.0 Å². The fraction of sp³-hybridized carbons (Fsp3) is 0.0870. The van der Waals surface area contributed by atoms with E-state index in [4.69, 9.17) is 13.6 Å². The lowest BCUT2D eigenvalue weighted by Crippen LogP contribution is -2.28. The second-order valence-electron chi connectivity index (χ2n) is 6.60. The number of hydrogen-bond donors (Lipinski definition) is 2. The number of rotatable bonds is 5. The number of methoxy groups -OCH3 is 1. The summed E-state index contributed by atoms with van der Waals surface area (Å²) in [6.07, 6.45) is 1.52. The van der Waals surface area contributed by atoms with Crippen LogP contribution in [0.4, 0.5) is 5.69 Å². The number of phenolic OH excluding ortho intramolecular Hbond substituents is 1. The molecule has 0 radical (unpaired) electrons. The molecule has 2 aromatic carbocycles. The minimum absolute atomic E-state index is 0.0184. The molecule has 0 atom stereocenters. The smallest absolute Gasteiger partial charge is 0.337 e. The van der Waals surface area contributed by atoms with Gasteiger partial charge in [0.1, 0.15) is 22.7 Å². The predicted molar refractivity (Wildman–Crippen MR) is 111 cm³/mol. The summed E-state index contributed by atoms with van der Waals surface area (Å²) in [5, 5.41) is 13.2. The first kappa shape index (κ1) is 20.0. The Kier molecular flexibility index (Phi) is 5.53. The number of nitrogens with zero attached hydrogens (tertiary/aromatic N) is 1. The van der Waals surface area contributed by atoms with Crippen molar-refractivity contribution in [2.45, 2.75) is 6.54 Å². The van der Waals surface area contributed by atoms with Crippen molar-refractivity contribution in [1.29, 1.82) is 0 Å². The number of carbonyl (C=O) groups excluding carboxylic acids is 2. The van der Waals surface area contributed by atoms with Crippen LogP contribution in [0.3, 0.4) is 0 Å². The molecule has 0 aliphatic rings. The van der Waals surface area contributed by atoms with E-state index in [1.165, 1.54) is 31.6 Å². The quantitative estimate of drug-likeness (QED) is 0.478. The monoisotopic (exact) mass is 418 g/mol. The number of nitrogens with one attached hydrogen (secondary N) is 1. The fourth-order valence-corrected chi connectivity index (χ4v) is 2.97. The van der Waals surface area contributed by atoms with E-state index in [1.54, 1.807) is 42.5 Å². The summed E-state index contributed by atoms with van der Waals surface area (Å²) in [5.74, 6) is -0.308.